The maximum atomic E-state index is 13.7. The minimum absolute atomic E-state index is 0.191. The van der Waals surface area contributed by atoms with E-state index in [0.29, 0.717) is 17.1 Å². The molecule has 0 saturated carbocycles. The van der Waals surface area contributed by atoms with Gasteiger partial charge in [-0.2, -0.15) is 0 Å². The summed E-state index contributed by atoms with van der Waals surface area (Å²) in [5, 5.41) is 2.76. The van der Waals surface area contributed by atoms with Gasteiger partial charge in [-0.05, 0) is 41.3 Å². The third-order valence-electron chi connectivity index (χ3n) is 3.96. The number of nitrogens with zero attached hydrogens (tertiary/aromatic N) is 3. The Labute approximate surface area is 151 Å². The Kier molecular flexibility index (Phi) is 5.31. The summed E-state index contributed by atoms with van der Waals surface area (Å²) in [5.41, 5.74) is 3.12. The topological polar surface area (TPSA) is 67.8 Å². The first-order valence-corrected chi connectivity index (χ1v) is 8.33. The van der Waals surface area contributed by atoms with Crippen molar-refractivity contribution >= 4 is 11.7 Å². The second-order valence-corrected chi connectivity index (χ2v) is 6.26. The maximum Gasteiger partial charge on any atom is 0.229 e. The zero-order valence-corrected chi connectivity index (χ0v) is 14.6. The molecule has 0 fully saturated rings. The van der Waals surface area contributed by atoms with Crippen LogP contribution < -0.4 is 5.32 Å². The van der Waals surface area contributed by atoms with Gasteiger partial charge in [0.2, 0.25) is 5.91 Å². The Balaban J connectivity index is 1.83. The largest absolute Gasteiger partial charge is 0.310 e. The lowest BCUT2D eigenvalue weighted by Gasteiger charge is -2.13. The van der Waals surface area contributed by atoms with E-state index in [9.17, 15) is 9.18 Å². The summed E-state index contributed by atoms with van der Waals surface area (Å²) in [6.45, 7) is 4.07. The molecule has 2 heterocycles. The Morgan fingerprint density at radius 2 is 1.88 bits per heavy atom. The molecule has 5 nitrogen and oxygen atoms in total. The molecular weight excluding hydrogens is 331 g/mol. The quantitative estimate of drug-likeness (QED) is 0.756. The molecule has 6 heteroatoms. The minimum Gasteiger partial charge on any atom is -0.310 e. The SMILES string of the molecule is CC(C)c1ccc(F)cc1-c1cc(NC(=O)Cc2ccncc2)ncn1. The molecule has 0 aliphatic rings. The number of hydrogen-bond acceptors (Lipinski definition) is 4. The Morgan fingerprint density at radius 1 is 1.12 bits per heavy atom. The van der Waals surface area contributed by atoms with Gasteiger partial charge in [0.15, 0.2) is 0 Å². The van der Waals surface area contributed by atoms with Gasteiger partial charge in [-0.3, -0.25) is 9.78 Å². The van der Waals surface area contributed by atoms with Crippen LogP contribution in [0.1, 0.15) is 30.9 Å². The lowest BCUT2D eigenvalue weighted by molar-refractivity contribution is -0.115. The summed E-state index contributed by atoms with van der Waals surface area (Å²) < 4.78 is 13.7. The second kappa shape index (κ2) is 7.82. The molecule has 26 heavy (non-hydrogen) atoms. The van der Waals surface area contributed by atoms with Gasteiger partial charge < -0.3 is 5.32 Å². The summed E-state index contributed by atoms with van der Waals surface area (Å²) in [4.78, 5) is 24.5. The zero-order chi connectivity index (χ0) is 18.5. The number of nitrogens with one attached hydrogen (secondary N) is 1. The predicted molar refractivity (Wildman–Crippen MR) is 98.1 cm³/mol. The van der Waals surface area contributed by atoms with Gasteiger partial charge in [-0.25, -0.2) is 14.4 Å². The summed E-state index contributed by atoms with van der Waals surface area (Å²) in [7, 11) is 0. The molecule has 2 aromatic heterocycles. The van der Waals surface area contributed by atoms with Crippen molar-refractivity contribution in [3.63, 3.8) is 0 Å². The molecule has 132 valence electrons. The number of benzene rings is 1. The van der Waals surface area contributed by atoms with Gasteiger partial charge in [0.25, 0.3) is 0 Å². The Morgan fingerprint density at radius 3 is 2.62 bits per heavy atom. The fraction of sp³-hybridized carbons (Fsp3) is 0.200. The lowest BCUT2D eigenvalue weighted by atomic mass is 9.95. The molecule has 1 N–H and O–H groups in total. The predicted octanol–water partition coefficient (Wildman–Crippen LogP) is 3.98. The first kappa shape index (κ1) is 17.7. The molecule has 3 aromatic rings. The van der Waals surface area contributed by atoms with Crippen molar-refractivity contribution in [1.29, 1.82) is 0 Å². The number of carbonyl (C=O) groups excluding carboxylic acids is 1. The minimum atomic E-state index is -0.328. The van der Waals surface area contributed by atoms with Crippen molar-refractivity contribution in [3.8, 4) is 11.3 Å². The molecule has 0 saturated heterocycles. The third-order valence-corrected chi connectivity index (χ3v) is 3.96. The second-order valence-electron chi connectivity index (χ2n) is 6.26. The first-order chi connectivity index (χ1) is 12.5. The molecule has 0 aliphatic heterocycles. The molecular formula is C20H19FN4O. The van der Waals surface area contributed by atoms with Crippen molar-refractivity contribution in [2.24, 2.45) is 0 Å². The summed E-state index contributed by atoms with van der Waals surface area (Å²) in [6, 6.07) is 9.89. The van der Waals surface area contributed by atoms with Crippen LogP contribution in [0.2, 0.25) is 0 Å². The number of aromatic nitrogens is 3. The molecule has 0 aliphatic carbocycles. The molecule has 1 amide bonds. The summed E-state index contributed by atoms with van der Waals surface area (Å²) in [5.74, 6) is 0.0776. The maximum absolute atomic E-state index is 13.7. The molecule has 0 atom stereocenters. The number of pyridine rings is 1. The van der Waals surface area contributed by atoms with Crippen molar-refractivity contribution in [3.05, 3.63) is 72.1 Å². The van der Waals surface area contributed by atoms with E-state index in [-0.39, 0.29) is 24.1 Å². The van der Waals surface area contributed by atoms with Crippen LogP contribution in [0.5, 0.6) is 0 Å². The van der Waals surface area contributed by atoms with E-state index in [2.05, 4.69) is 20.3 Å². The average Bonchev–Trinajstić information content (AvgIpc) is 2.62. The molecule has 0 radical (unpaired) electrons. The first-order valence-electron chi connectivity index (χ1n) is 8.33. The van der Waals surface area contributed by atoms with Crippen LogP contribution in [0.15, 0.2) is 55.1 Å². The number of amides is 1. The molecule has 3 rings (SSSR count). The molecule has 0 spiro atoms. The van der Waals surface area contributed by atoms with Crippen LogP contribution in [-0.2, 0) is 11.2 Å². The third kappa shape index (κ3) is 4.27. The Hall–Kier alpha value is -3.15. The highest BCUT2D eigenvalue weighted by Crippen LogP contribution is 2.29. The lowest BCUT2D eigenvalue weighted by Crippen LogP contribution is -2.15. The van der Waals surface area contributed by atoms with Gasteiger partial charge in [-0.15, -0.1) is 0 Å². The Bertz CT molecular complexity index is 913. The van der Waals surface area contributed by atoms with Crippen molar-refractivity contribution in [1.82, 2.24) is 15.0 Å². The standard InChI is InChI=1S/C20H19FN4O/c1-13(2)16-4-3-15(21)10-17(16)18-11-19(24-12-23-18)25-20(26)9-14-5-7-22-8-6-14/h3-8,10-13H,9H2,1-2H3,(H,23,24,25,26). The van der Waals surface area contributed by atoms with Crippen LogP contribution in [0.4, 0.5) is 10.2 Å². The van der Waals surface area contributed by atoms with Crippen molar-refractivity contribution in [2.45, 2.75) is 26.2 Å². The van der Waals surface area contributed by atoms with Gasteiger partial charge in [0.1, 0.15) is 18.0 Å². The monoisotopic (exact) mass is 350 g/mol. The van der Waals surface area contributed by atoms with Gasteiger partial charge >= 0.3 is 0 Å². The van der Waals surface area contributed by atoms with E-state index in [1.807, 2.05) is 13.8 Å². The van der Waals surface area contributed by atoms with Crippen molar-refractivity contribution < 1.29 is 9.18 Å². The van der Waals surface area contributed by atoms with Crippen molar-refractivity contribution in [2.75, 3.05) is 5.32 Å². The molecule has 0 bridgehead atoms. The van der Waals surface area contributed by atoms with E-state index in [4.69, 9.17) is 0 Å². The average molecular weight is 350 g/mol. The smallest absolute Gasteiger partial charge is 0.229 e. The van der Waals surface area contributed by atoms with E-state index in [0.717, 1.165) is 11.1 Å². The summed E-state index contributed by atoms with van der Waals surface area (Å²) >= 11 is 0. The van der Waals surface area contributed by atoms with Gasteiger partial charge in [0, 0.05) is 24.0 Å². The number of hydrogen-bond donors (Lipinski definition) is 1. The van der Waals surface area contributed by atoms with Gasteiger partial charge in [-0.1, -0.05) is 19.9 Å². The molecule has 0 unspecified atom stereocenters. The number of rotatable bonds is 5. The molecule has 1 aromatic carbocycles. The number of halogens is 1. The highest BCUT2D eigenvalue weighted by Gasteiger charge is 2.13. The normalized spacial score (nSPS) is 10.8. The van der Waals surface area contributed by atoms with Crippen LogP contribution >= 0.6 is 0 Å². The highest BCUT2D eigenvalue weighted by atomic mass is 19.1. The van der Waals surface area contributed by atoms with Crippen LogP contribution in [0, 0.1) is 5.82 Å². The van der Waals surface area contributed by atoms with E-state index in [1.165, 1.54) is 18.5 Å². The number of anilines is 1. The van der Waals surface area contributed by atoms with Crippen LogP contribution in [0.3, 0.4) is 0 Å². The van der Waals surface area contributed by atoms with Crippen LogP contribution in [-0.4, -0.2) is 20.9 Å². The van der Waals surface area contributed by atoms with Gasteiger partial charge in [0.05, 0.1) is 12.1 Å². The highest BCUT2D eigenvalue weighted by molar-refractivity contribution is 5.91. The van der Waals surface area contributed by atoms with Crippen LogP contribution in [0.25, 0.3) is 11.3 Å². The fourth-order valence-electron chi connectivity index (χ4n) is 2.70. The number of carbonyl (C=O) groups is 1. The van der Waals surface area contributed by atoms with E-state index >= 15 is 0 Å². The van der Waals surface area contributed by atoms with E-state index < -0.39 is 0 Å². The summed E-state index contributed by atoms with van der Waals surface area (Å²) in [6.07, 6.45) is 4.87. The fourth-order valence-corrected chi connectivity index (χ4v) is 2.70. The zero-order valence-electron chi connectivity index (χ0n) is 14.6. The van der Waals surface area contributed by atoms with E-state index in [1.54, 1.807) is 36.7 Å².